The smallest absolute Gasteiger partial charge is 0.410 e. The summed E-state index contributed by atoms with van der Waals surface area (Å²) in [6.45, 7) is 9.44. The van der Waals surface area contributed by atoms with Gasteiger partial charge in [0.15, 0.2) is 0 Å². The van der Waals surface area contributed by atoms with Crippen LogP contribution in [0.1, 0.15) is 45.6 Å². The second-order valence-electron chi connectivity index (χ2n) is 7.75. The van der Waals surface area contributed by atoms with Crippen LogP contribution >= 0.6 is 0 Å². The maximum Gasteiger partial charge on any atom is 0.410 e. The molecule has 6 heteroatoms. The van der Waals surface area contributed by atoms with Crippen molar-refractivity contribution in [3.8, 4) is 5.88 Å². The van der Waals surface area contributed by atoms with Crippen molar-refractivity contribution < 1.29 is 14.3 Å². The van der Waals surface area contributed by atoms with E-state index >= 15 is 0 Å². The van der Waals surface area contributed by atoms with Gasteiger partial charge in [-0.3, -0.25) is 0 Å². The van der Waals surface area contributed by atoms with E-state index in [2.05, 4.69) is 17.0 Å². The van der Waals surface area contributed by atoms with Gasteiger partial charge in [0, 0.05) is 31.7 Å². The maximum atomic E-state index is 12.3. The lowest BCUT2D eigenvalue weighted by molar-refractivity contribution is 0.0263. The Morgan fingerprint density at radius 1 is 1.12 bits per heavy atom. The highest BCUT2D eigenvalue weighted by molar-refractivity contribution is 5.68. The molecular weight excluding hydrogens is 318 g/mol. The molecule has 3 rings (SSSR count). The van der Waals surface area contributed by atoms with Gasteiger partial charge >= 0.3 is 6.09 Å². The van der Waals surface area contributed by atoms with E-state index in [4.69, 9.17) is 14.5 Å². The molecule has 0 unspecified atom stereocenters. The molecule has 0 N–H and O–H groups in total. The maximum absolute atomic E-state index is 12.3. The average molecular weight is 347 g/mol. The summed E-state index contributed by atoms with van der Waals surface area (Å²) in [5.41, 5.74) is 0.741. The molecule has 0 spiro atoms. The standard InChI is InChI=1S/C19H29N3O3/c1-19(2,3)25-18(23)22-11-6-10-21(12-13-22)16-9-8-15-7-4-5-14-24-17(15)20-16/h8-9H,4-7,10-14H2,1-3H3. The van der Waals surface area contributed by atoms with Crippen LogP contribution in [0.15, 0.2) is 12.1 Å². The quantitative estimate of drug-likeness (QED) is 0.780. The molecule has 2 aliphatic heterocycles. The zero-order valence-electron chi connectivity index (χ0n) is 15.6. The second-order valence-corrected chi connectivity index (χ2v) is 7.75. The van der Waals surface area contributed by atoms with Gasteiger partial charge in [-0.05, 0) is 58.6 Å². The highest BCUT2D eigenvalue weighted by Gasteiger charge is 2.25. The number of hydrogen-bond acceptors (Lipinski definition) is 5. The van der Waals surface area contributed by atoms with E-state index in [9.17, 15) is 4.79 Å². The summed E-state index contributed by atoms with van der Waals surface area (Å²) >= 11 is 0. The molecular formula is C19H29N3O3. The van der Waals surface area contributed by atoms with Gasteiger partial charge in [-0.25, -0.2) is 4.79 Å². The molecule has 0 saturated carbocycles. The van der Waals surface area contributed by atoms with Crippen molar-refractivity contribution in [1.29, 1.82) is 0 Å². The number of anilines is 1. The number of hydrogen-bond donors (Lipinski definition) is 0. The Bertz CT molecular complexity index is 612. The Balaban J connectivity index is 1.65. The number of rotatable bonds is 1. The summed E-state index contributed by atoms with van der Waals surface area (Å²) in [4.78, 5) is 21.1. The fourth-order valence-corrected chi connectivity index (χ4v) is 3.19. The molecule has 25 heavy (non-hydrogen) atoms. The van der Waals surface area contributed by atoms with Crippen molar-refractivity contribution in [3.05, 3.63) is 17.7 Å². The molecule has 1 aromatic rings. The summed E-state index contributed by atoms with van der Waals surface area (Å²) in [7, 11) is 0. The van der Waals surface area contributed by atoms with E-state index in [0.717, 1.165) is 57.1 Å². The first-order valence-corrected chi connectivity index (χ1v) is 9.28. The molecule has 2 aliphatic rings. The Morgan fingerprint density at radius 2 is 1.96 bits per heavy atom. The highest BCUT2D eigenvalue weighted by Crippen LogP contribution is 2.26. The Kier molecular flexibility index (Phi) is 5.35. The van der Waals surface area contributed by atoms with Crippen molar-refractivity contribution in [2.75, 3.05) is 37.7 Å². The molecule has 1 fully saturated rings. The van der Waals surface area contributed by atoms with Crippen molar-refractivity contribution in [3.63, 3.8) is 0 Å². The summed E-state index contributed by atoms with van der Waals surface area (Å²) in [6.07, 6.45) is 3.95. The van der Waals surface area contributed by atoms with Crippen molar-refractivity contribution in [2.45, 2.75) is 52.1 Å². The van der Waals surface area contributed by atoms with Gasteiger partial charge in [-0.1, -0.05) is 0 Å². The van der Waals surface area contributed by atoms with E-state index in [1.807, 2.05) is 20.8 Å². The monoisotopic (exact) mass is 347 g/mol. The number of pyridine rings is 1. The predicted molar refractivity (Wildman–Crippen MR) is 97.3 cm³/mol. The summed E-state index contributed by atoms with van der Waals surface area (Å²) < 4.78 is 11.3. The number of nitrogens with zero attached hydrogens (tertiary/aromatic N) is 3. The van der Waals surface area contributed by atoms with E-state index in [0.29, 0.717) is 13.1 Å². The largest absolute Gasteiger partial charge is 0.477 e. The van der Waals surface area contributed by atoms with Gasteiger partial charge in [0.25, 0.3) is 0 Å². The minimum atomic E-state index is -0.459. The van der Waals surface area contributed by atoms with Gasteiger partial charge in [0.2, 0.25) is 5.88 Å². The Hall–Kier alpha value is -1.98. The molecule has 3 heterocycles. The first-order valence-electron chi connectivity index (χ1n) is 9.28. The first kappa shape index (κ1) is 17.8. The Morgan fingerprint density at radius 3 is 2.76 bits per heavy atom. The minimum Gasteiger partial charge on any atom is -0.477 e. The summed E-state index contributed by atoms with van der Waals surface area (Å²) in [5, 5.41) is 0. The third kappa shape index (κ3) is 4.77. The summed E-state index contributed by atoms with van der Waals surface area (Å²) in [5.74, 6) is 1.72. The van der Waals surface area contributed by atoms with Crippen molar-refractivity contribution in [1.82, 2.24) is 9.88 Å². The van der Waals surface area contributed by atoms with E-state index in [1.54, 1.807) is 4.90 Å². The predicted octanol–water partition coefficient (Wildman–Crippen LogP) is 3.24. The van der Waals surface area contributed by atoms with Crippen molar-refractivity contribution >= 4 is 11.9 Å². The summed E-state index contributed by atoms with van der Waals surface area (Å²) in [6, 6.07) is 4.22. The first-order chi connectivity index (χ1) is 11.9. The molecule has 1 aromatic heterocycles. The van der Waals surface area contributed by atoms with Crippen LogP contribution in [0.4, 0.5) is 10.6 Å². The van der Waals surface area contributed by atoms with Crippen molar-refractivity contribution in [2.24, 2.45) is 0 Å². The number of aromatic nitrogens is 1. The van der Waals surface area contributed by atoms with E-state index in [1.165, 1.54) is 5.56 Å². The topological polar surface area (TPSA) is 54.9 Å². The van der Waals surface area contributed by atoms with Gasteiger partial charge in [-0.15, -0.1) is 0 Å². The van der Waals surface area contributed by atoms with Gasteiger partial charge in [-0.2, -0.15) is 4.98 Å². The minimum absolute atomic E-state index is 0.229. The van der Waals surface area contributed by atoms with Crippen LogP contribution in [0.5, 0.6) is 5.88 Å². The molecule has 0 aliphatic carbocycles. The fourth-order valence-electron chi connectivity index (χ4n) is 3.19. The van der Waals surface area contributed by atoms with Crippen LogP contribution in [0, 0.1) is 0 Å². The van der Waals surface area contributed by atoms with E-state index < -0.39 is 5.60 Å². The molecule has 138 valence electrons. The zero-order valence-corrected chi connectivity index (χ0v) is 15.6. The van der Waals surface area contributed by atoms with Crippen LogP contribution in [0.3, 0.4) is 0 Å². The highest BCUT2D eigenvalue weighted by atomic mass is 16.6. The average Bonchev–Trinajstić information content (AvgIpc) is 2.93. The molecule has 0 aromatic carbocycles. The number of carbonyl (C=O) groups excluding carboxylic acids is 1. The van der Waals surface area contributed by atoms with E-state index in [-0.39, 0.29) is 6.09 Å². The lowest BCUT2D eigenvalue weighted by Gasteiger charge is -2.26. The van der Waals surface area contributed by atoms with Crippen LogP contribution in [-0.2, 0) is 11.2 Å². The van der Waals surface area contributed by atoms with Gasteiger partial charge in [0.1, 0.15) is 11.4 Å². The molecule has 0 atom stereocenters. The fraction of sp³-hybridized carbons (Fsp3) is 0.684. The van der Waals surface area contributed by atoms with Crippen LogP contribution < -0.4 is 9.64 Å². The van der Waals surface area contributed by atoms with Crippen LogP contribution in [0.25, 0.3) is 0 Å². The zero-order chi connectivity index (χ0) is 17.9. The number of aryl methyl sites for hydroxylation is 1. The molecule has 6 nitrogen and oxygen atoms in total. The SMILES string of the molecule is CC(C)(C)OC(=O)N1CCCN(c2ccc3c(n2)OCCCC3)CC1. The number of carbonyl (C=O) groups is 1. The van der Waals surface area contributed by atoms with Gasteiger partial charge in [0.05, 0.1) is 6.61 Å². The lowest BCUT2D eigenvalue weighted by Crippen LogP contribution is -2.39. The number of fused-ring (bicyclic) bond motifs is 1. The number of ether oxygens (including phenoxy) is 2. The van der Waals surface area contributed by atoms with Crippen LogP contribution in [0.2, 0.25) is 0 Å². The third-order valence-electron chi connectivity index (χ3n) is 4.48. The van der Waals surface area contributed by atoms with Crippen LogP contribution in [-0.4, -0.2) is 54.4 Å². The Labute approximate surface area is 150 Å². The normalized spacial score (nSPS) is 18.7. The molecule has 0 bridgehead atoms. The number of amides is 1. The molecule has 1 saturated heterocycles. The second kappa shape index (κ2) is 7.50. The molecule has 1 amide bonds. The third-order valence-corrected chi connectivity index (χ3v) is 4.48. The molecule has 0 radical (unpaired) electrons. The lowest BCUT2D eigenvalue weighted by atomic mass is 10.1. The van der Waals surface area contributed by atoms with Gasteiger partial charge < -0.3 is 19.3 Å².